The van der Waals surface area contributed by atoms with Gasteiger partial charge in [-0.25, -0.2) is 0 Å². The van der Waals surface area contributed by atoms with E-state index in [1.165, 1.54) is 42.4 Å². The molecule has 182 valence electrons. The van der Waals surface area contributed by atoms with Crippen LogP contribution in [0.1, 0.15) is 55.2 Å². The molecule has 3 aromatic rings. The zero-order valence-electron chi connectivity index (χ0n) is 20.7. The van der Waals surface area contributed by atoms with Crippen LogP contribution in [0.3, 0.4) is 0 Å². The van der Waals surface area contributed by atoms with E-state index in [9.17, 15) is 5.26 Å². The Bertz CT molecular complexity index is 1010. The van der Waals surface area contributed by atoms with Crippen molar-refractivity contribution in [2.24, 2.45) is 5.92 Å². The highest BCUT2D eigenvalue weighted by atomic mass is 79.9. The molecule has 0 spiro atoms. The largest absolute Gasteiger partial charge is 0.303 e. The molecule has 0 amide bonds. The van der Waals surface area contributed by atoms with Crippen molar-refractivity contribution < 1.29 is 0 Å². The highest BCUT2D eigenvalue weighted by Gasteiger charge is 2.41. The molecule has 2 nitrogen and oxygen atoms in total. The first-order valence-corrected chi connectivity index (χ1v) is 14.0. The van der Waals surface area contributed by atoms with Gasteiger partial charge in [0.1, 0.15) is 0 Å². The molecule has 35 heavy (non-hydrogen) atoms. The van der Waals surface area contributed by atoms with Crippen LogP contribution in [0.2, 0.25) is 0 Å². The van der Waals surface area contributed by atoms with Crippen LogP contribution >= 0.6 is 15.9 Å². The second-order valence-electron chi connectivity index (χ2n) is 9.99. The van der Waals surface area contributed by atoms with Crippen LogP contribution in [0.5, 0.6) is 0 Å². The first-order valence-electron chi connectivity index (χ1n) is 13.2. The van der Waals surface area contributed by atoms with Crippen molar-refractivity contribution in [3.05, 3.63) is 106 Å². The van der Waals surface area contributed by atoms with Crippen molar-refractivity contribution >= 4 is 15.9 Å². The number of rotatable bonds is 12. The molecule has 0 heterocycles. The van der Waals surface area contributed by atoms with Gasteiger partial charge >= 0.3 is 0 Å². The molecule has 1 atom stereocenters. The number of benzene rings is 3. The average Bonchev–Trinajstić information content (AvgIpc) is 3.45. The summed E-state index contributed by atoms with van der Waals surface area (Å²) in [5.41, 5.74) is 3.62. The maximum absolute atomic E-state index is 10.6. The second-order valence-corrected chi connectivity index (χ2v) is 10.9. The summed E-state index contributed by atoms with van der Waals surface area (Å²) in [7, 11) is 0. The Morgan fingerprint density at radius 3 is 1.83 bits per heavy atom. The molecule has 3 heteroatoms. The number of hydrogen-bond acceptors (Lipinski definition) is 2. The van der Waals surface area contributed by atoms with Gasteiger partial charge in [0, 0.05) is 17.6 Å². The van der Waals surface area contributed by atoms with E-state index in [-0.39, 0.29) is 5.41 Å². The lowest BCUT2D eigenvalue weighted by atomic mass is 9.67. The third kappa shape index (κ3) is 7.06. The van der Waals surface area contributed by atoms with Crippen LogP contribution < -0.4 is 0 Å². The van der Waals surface area contributed by atoms with Gasteiger partial charge in [-0.05, 0) is 79.8 Å². The van der Waals surface area contributed by atoms with Gasteiger partial charge in [0.05, 0.1) is 11.5 Å². The lowest BCUT2D eigenvalue weighted by Crippen LogP contribution is -2.35. The van der Waals surface area contributed by atoms with Gasteiger partial charge in [0.25, 0.3) is 0 Å². The quantitative estimate of drug-likeness (QED) is 0.238. The molecule has 0 radical (unpaired) electrons. The summed E-state index contributed by atoms with van der Waals surface area (Å²) in [4.78, 5) is 2.61. The fourth-order valence-electron chi connectivity index (χ4n) is 5.74. The molecule has 1 fully saturated rings. The third-order valence-corrected chi connectivity index (χ3v) is 8.30. The van der Waals surface area contributed by atoms with E-state index in [2.05, 4.69) is 112 Å². The molecule has 0 aromatic heterocycles. The van der Waals surface area contributed by atoms with Crippen LogP contribution in [0.25, 0.3) is 0 Å². The topological polar surface area (TPSA) is 27.0 Å². The van der Waals surface area contributed by atoms with E-state index in [1.54, 1.807) is 0 Å². The molecule has 0 aliphatic heterocycles. The zero-order valence-corrected chi connectivity index (χ0v) is 22.3. The summed E-state index contributed by atoms with van der Waals surface area (Å²) in [5, 5.41) is 10.6. The minimum Gasteiger partial charge on any atom is -0.303 e. The average molecular weight is 530 g/mol. The van der Waals surface area contributed by atoms with E-state index < -0.39 is 0 Å². The Morgan fingerprint density at radius 2 is 1.31 bits per heavy atom. The Balaban J connectivity index is 1.44. The SMILES string of the molecule is N#CC(CCCN(CCc1ccccc1)CCc1ccccc1)(c1ccc(Br)cc1)C1CCCC1. The maximum atomic E-state index is 10.6. The molecule has 4 rings (SSSR count). The fraction of sp³-hybridized carbons (Fsp3) is 0.406. The van der Waals surface area contributed by atoms with Crippen LogP contribution in [0, 0.1) is 17.2 Å². The molecule has 0 bridgehead atoms. The van der Waals surface area contributed by atoms with Crippen LogP contribution in [-0.2, 0) is 18.3 Å². The predicted molar refractivity (Wildman–Crippen MR) is 149 cm³/mol. The number of nitrogens with zero attached hydrogens (tertiary/aromatic N) is 2. The number of halogens is 1. The Morgan fingerprint density at radius 1 is 0.771 bits per heavy atom. The Hall–Kier alpha value is -2.41. The van der Waals surface area contributed by atoms with E-state index in [0.717, 1.165) is 49.8 Å². The fourth-order valence-corrected chi connectivity index (χ4v) is 6.01. The molecule has 3 aromatic carbocycles. The van der Waals surface area contributed by atoms with Crippen LogP contribution in [-0.4, -0.2) is 24.5 Å². The van der Waals surface area contributed by atoms with E-state index in [4.69, 9.17) is 0 Å². The monoisotopic (exact) mass is 528 g/mol. The predicted octanol–water partition coefficient (Wildman–Crippen LogP) is 7.97. The molecule has 1 saturated carbocycles. The zero-order chi connectivity index (χ0) is 24.3. The van der Waals surface area contributed by atoms with Crippen LogP contribution in [0.4, 0.5) is 0 Å². The van der Waals surface area contributed by atoms with Crippen molar-refractivity contribution in [2.75, 3.05) is 19.6 Å². The minimum absolute atomic E-state index is 0.373. The van der Waals surface area contributed by atoms with Gasteiger partial charge in [0.2, 0.25) is 0 Å². The normalized spacial score (nSPS) is 15.7. The first-order chi connectivity index (χ1) is 17.2. The summed E-state index contributed by atoms with van der Waals surface area (Å²) in [6.45, 7) is 3.14. The van der Waals surface area contributed by atoms with Crippen molar-refractivity contribution in [1.82, 2.24) is 4.90 Å². The van der Waals surface area contributed by atoms with Gasteiger partial charge in [-0.1, -0.05) is 102 Å². The van der Waals surface area contributed by atoms with Crippen molar-refractivity contribution in [1.29, 1.82) is 5.26 Å². The van der Waals surface area contributed by atoms with Gasteiger partial charge in [-0.15, -0.1) is 0 Å². The molecule has 1 unspecified atom stereocenters. The smallest absolute Gasteiger partial charge is 0.0850 e. The van der Waals surface area contributed by atoms with Crippen molar-refractivity contribution in [3.8, 4) is 6.07 Å². The minimum atomic E-state index is -0.373. The Kier molecular flexibility index (Phi) is 9.57. The maximum Gasteiger partial charge on any atom is 0.0850 e. The molecule has 0 N–H and O–H groups in total. The highest BCUT2D eigenvalue weighted by Crippen LogP contribution is 2.45. The number of hydrogen-bond donors (Lipinski definition) is 0. The molecular weight excluding hydrogens is 492 g/mol. The molecular formula is C32H37BrN2. The number of nitriles is 1. The van der Waals surface area contributed by atoms with Gasteiger partial charge in [-0.2, -0.15) is 5.26 Å². The third-order valence-electron chi connectivity index (χ3n) is 7.78. The standard InChI is InChI=1S/C32H37BrN2/c33-31-18-16-30(17-19-31)32(26-34,29-14-7-8-15-29)22-9-23-35(24-20-27-10-3-1-4-11-27)25-21-28-12-5-2-6-13-28/h1-6,10-13,16-19,29H,7-9,14-15,20-25H2. The van der Waals surface area contributed by atoms with E-state index >= 15 is 0 Å². The summed E-state index contributed by atoms with van der Waals surface area (Å²) < 4.78 is 1.08. The summed E-state index contributed by atoms with van der Waals surface area (Å²) in [5.74, 6) is 0.468. The first kappa shape index (κ1) is 25.7. The van der Waals surface area contributed by atoms with E-state index in [1.807, 2.05) is 0 Å². The van der Waals surface area contributed by atoms with E-state index in [0.29, 0.717) is 5.92 Å². The summed E-state index contributed by atoms with van der Waals surface area (Å²) in [6, 6.07) is 33.0. The molecule has 1 aliphatic carbocycles. The molecule has 0 saturated heterocycles. The van der Waals surface area contributed by atoms with Crippen molar-refractivity contribution in [2.45, 2.75) is 56.8 Å². The lowest BCUT2D eigenvalue weighted by molar-refractivity contribution is 0.248. The Labute approximate surface area is 220 Å². The summed E-state index contributed by atoms with van der Waals surface area (Å²) >= 11 is 3.57. The van der Waals surface area contributed by atoms with Crippen LogP contribution in [0.15, 0.2) is 89.4 Å². The molecule has 1 aliphatic rings. The highest BCUT2D eigenvalue weighted by molar-refractivity contribution is 9.10. The summed E-state index contributed by atoms with van der Waals surface area (Å²) in [6.07, 6.45) is 8.97. The van der Waals surface area contributed by atoms with Crippen molar-refractivity contribution in [3.63, 3.8) is 0 Å². The van der Waals surface area contributed by atoms with Gasteiger partial charge in [0.15, 0.2) is 0 Å². The second kappa shape index (κ2) is 13.1. The van der Waals surface area contributed by atoms with Gasteiger partial charge in [-0.3, -0.25) is 0 Å². The van der Waals surface area contributed by atoms with Gasteiger partial charge < -0.3 is 4.90 Å². The lowest BCUT2D eigenvalue weighted by Gasteiger charge is -2.34.